The molecule has 6 nitrogen and oxygen atoms in total. The number of benzene rings is 1. The summed E-state index contributed by atoms with van der Waals surface area (Å²) in [6.45, 7) is 6.93. The molecule has 2 aliphatic rings. The zero-order valence-corrected chi connectivity index (χ0v) is 18.9. The van der Waals surface area contributed by atoms with Crippen LogP contribution in [0.1, 0.15) is 71.4 Å². The predicted octanol–water partition coefficient (Wildman–Crippen LogP) is 4.19. The van der Waals surface area contributed by atoms with E-state index in [1.807, 2.05) is 23.4 Å². The molecule has 1 saturated carbocycles. The van der Waals surface area contributed by atoms with Crippen molar-refractivity contribution in [3.05, 3.63) is 52.3 Å². The van der Waals surface area contributed by atoms with E-state index in [-0.39, 0.29) is 12.5 Å². The van der Waals surface area contributed by atoms with Gasteiger partial charge in [0.05, 0.1) is 17.9 Å². The minimum Gasteiger partial charge on any atom is -0.452 e. The maximum Gasteiger partial charge on any atom is 0.342 e. The van der Waals surface area contributed by atoms with Crippen molar-refractivity contribution in [3.8, 4) is 0 Å². The van der Waals surface area contributed by atoms with Crippen molar-refractivity contribution in [3.63, 3.8) is 0 Å². The number of rotatable bonds is 5. The molecule has 1 aliphatic heterocycles. The molecule has 2 aromatic rings. The van der Waals surface area contributed by atoms with Crippen LogP contribution in [0.25, 0.3) is 0 Å². The van der Waals surface area contributed by atoms with E-state index in [1.54, 1.807) is 0 Å². The minimum atomic E-state index is -0.462. The van der Waals surface area contributed by atoms with Crippen LogP contribution in [-0.2, 0) is 16.1 Å². The summed E-state index contributed by atoms with van der Waals surface area (Å²) >= 11 is 0. The largest absolute Gasteiger partial charge is 0.452 e. The molecular weight excluding hydrogens is 390 g/mol. The number of likely N-dealkylation sites (tertiary alicyclic amines) is 1. The first kappa shape index (κ1) is 21.6. The molecule has 0 unspecified atom stereocenters. The number of aryl methyl sites for hydroxylation is 2. The van der Waals surface area contributed by atoms with Crippen molar-refractivity contribution in [2.45, 2.75) is 71.9 Å². The molecule has 0 N–H and O–H groups in total. The summed E-state index contributed by atoms with van der Waals surface area (Å²) in [6.07, 6.45) is 7.01. The number of nitrogens with zero attached hydrogens (tertiary/aromatic N) is 3. The van der Waals surface area contributed by atoms with Crippen molar-refractivity contribution in [1.29, 1.82) is 0 Å². The quantitative estimate of drug-likeness (QED) is 0.677. The number of aromatic nitrogens is 2. The molecule has 2 fully saturated rings. The first-order valence-corrected chi connectivity index (χ1v) is 11.5. The van der Waals surface area contributed by atoms with Gasteiger partial charge in [0.2, 0.25) is 0 Å². The van der Waals surface area contributed by atoms with Crippen LogP contribution in [0.4, 0.5) is 0 Å². The molecule has 166 valence electrons. The van der Waals surface area contributed by atoms with E-state index in [9.17, 15) is 9.59 Å². The lowest BCUT2D eigenvalue weighted by molar-refractivity contribution is -0.140. The molecule has 1 aromatic carbocycles. The standard InChI is InChI=1S/C25H33N3O3/c1-17-10-12-20(13-11-17)15-28-19(3)24(18(2)26-28)25(30)31-16-23(29)27-14-6-8-21-7-4-5-9-22(21)27/h10-13,21-22H,4-9,14-16H2,1-3H3/t21-,22+/m1/s1. The Morgan fingerprint density at radius 1 is 1.03 bits per heavy atom. The number of hydrogen-bond donors (Lipinski definition) is 0. The van der Waals surface area contributed by atoms with Gasteiger partial charge in [0.25, 0.3) is 5.91 Å². The van der Waals surface area contributed by atoms with Crippen LogP contribution in [0.2, 0.25) is 0 Å². The highest BCUT2D eigenvalue weighted by molar-refractivity contribution is 5.93. The van der Waals surface area contributed by atoms with Gasteiger partial charge in [-0.15, -0.1) is 0 Å². The molecule has 1 aliphatic carbocycles. The topological polar surface area (TPSA) is 64.4 Å². The van der Waals surface area contributed by atoms with Gasteiger partial charge in [0.15, 0.2) is 6.61 Å². The summed E-state index contributed by atoms with van der Waals surface area (Å²) in [4.78, 5) is 27.7. The molecule has 31 heavy (non-hydrogen) atoms. The molecule has 1 amide bonds. The normalized spacial score (nSPS) is 20.9. The second kappa shape index (κ2) is 9.25. The molecule has 0 bridgehead atoms. The zero-order chi connectivity index (χ0) is 22.0. The fraction of sp³-hybridized carbons (Fsp3) is 0.560. The maximum absolute atomic E-state index is 12.9. The summed E-state index contributed by atoms with van der Waals surface area (Å²) < 4.78 is 7.31. The number of carbonyl (C=O) groups excluding carboxylic acids is 2. The Morgan fingerprint density at radius 3 is 2.52 bits per heavy atom. The number of esters is 1. The summed E-state index contributed by atoms with van der Waals surface area (Å²) in [7, 11) is 0. The molecule has 2 atom stereocenters. The summed E-state index contributed by atoms with van der Waals surface area (Å²) in [5.41, 5.74) is 4.19. The summed E-state index contributed by atoms with van der Waals surface area (Å²) in [5, 5.41) is 4.54. The molecule has 0 spiro atoms. The Kier molecular flexibility index (Phi) is 6.44. The molecular formula is C25H33N3O3. The van der Waals surface area contributed by atoms with E-state index in [0.29, 0.717) is 29.8 Å². The number of hydrogen-bond acceptors (Lipinski definition) is 4. The van der Waals surface area contributed by atoms with Crippen LogP contribution < -0.4 is 0 Å². The Hall–Kier alpha value is -2.63. The number of fused-ring (bicyclic) bond motifs is 1. The van der Waals surface area contributed by atoms with E-state index < -0.39 is 5.97 Å². The van der Waals surface area contributed by atoms with Gasteiger partial charge in [-0.2, -0.15) is 5.10 Å². The van der Waals surface area contributed by atoms with Crippen LogP contribution in [0.3, 0.4) is 0 Å². The minimum absolute atomic E-state index is 0.0627. The highest BCUT2D eigenvalue weighted by atomic mass is 16.5. The van der Waals surface area contributed by atoms with E-state index in [4.69, 9.17) is 4.74 Å². The molecule has 1 saturated heterocycles. The highest BCUT2D eigenvalue weighted by Gasteiger charge is 2.36. The molecule has 6 heteroatoms. The zero-order valence-electron chi connectivity index (χ0n) is 18.9. The van der Waals surface area contributed by atoms with Crippen molar-refractivity contribution < 1.29 is 14.3 Å². The Bertz CT molecular complexity index is 946. The van der Waals surface area contributed by atoms with Crippen LogP contribution >= 0.6 is 0 Å². The van der Waals surface area contributed by atoms with E-state index in [0.717, 1.165) is 30.6 Å². The van der Waals surface area contributed by atoms with Gasteiger partial charge in [-0.1, -0.05) is 42.7 Å². The summed E-state index contributed by atoms with van der Waals surface area (Å²) in [6, 6.07) is 8.60. The van der Waals surface area contributed by atoms with Gasteiger partial charge >= 0.3 is 5.97 Å². The van der Waals surface area contributed by atoms with Crippen LogP contribution in [-0.4, -0.2) is 45.8 Å². The summed E-state index contributed by atoms with van der Waals surface area (Å²) in [5.74, 6) is 0.0923. The molecule has 0 radical (unpaired) electrons. The van der Waals surface area contributed by atoms with Crippen LogP contribution in [0, 0.1) is 26.7 Å². The number of carbonyl (C=O) groups is 2. The van der Waals surface area contributed by atoms with Crippen LogP contribution in [0.5, 0.6) is 0 Å². The van der Waals surface area contributed by atoms with E-state index >= 15 is 0 Å². The van der Waals surface area contributed by atoms with Gasteiger partial charge in [0.1, 0.15) is 5.56 Å². The van der Waals surface area contributed by atoms with Crippen molar-refractivity contribution in [1.82, 2.24) is 14.7 Å². The van der Waals surface area contributed by atoms with Gasteiger partial charge in [-0.3, -0.25) is 9.48 Å². The van der Waals surface area contributed by atoms with E-state index in [1.165, 1.54) is 31.2 Å². The molecule has 2 heterocycles. The molecule has 4 rings (SSSR count). The second-order valence-corrected chi connectivity index (χ2v) is 9.11. The van der Waals surface area contributed by atoms with Gasteiger partial charge < -0.3 is 9.64 Å². The number of ether oxygens (including phenoxy) is 1. The fourth-order valence-corrected chi connectivity index (χ4v) is 5.23. The maximum atomic E-state index is 12.9. The van der Waals surface area contributed by atoms with Crippen molar-refractivity contribution in [2.24, 2.45) is 5.92 Å². The third kappa shape index (κ3) is 4.68. The van der Waals surface area contributed by atoms with E-state index in [2.05, 4.69) is 36.3 Å². The number of piperidine rings is 1. The second-order valence-electron chi connectivity index (χ2n) is 9.11. The van der Waals surface area contributed by atoms with Gasteiger partial charge in [-0.25, -0.2) is 4.79 Å². The number of amides is 1. The highest BCUT2D eigenvalue weighted by Crippen LogP contribution is 2.35. The van der Waals surface area contributed by atoms with Gasteiger partial charge in [-0.05, 0) is 57.9 Å². The fourth-order valence-electron chi connectivity index (χ4n) is 5.23. The lowest BCUT2D eigenvalue weighted by Gasteiger charge is -2.44. The molecule has 1 aromatic heterocycles. The third-order valence-corrected chi connectivity index (χ3v) is 6.93. The van der Waals surface area contributed by atoms with Gasteiger partial charge in [0, 0.05) is 12.6 Å². The SMILES string of the molecule is Cc1ccc(Cn2nc(C)c(C(=O)OCC(=O)N3CCC[C@H]4CCCC[C@@H]43)c2C)cc1. The monoisotopic (exact) mass is 423 g/mol. The average Bonchev–Trinajstić information content (AvgIpc) is 3.05. The van der Waals surface area contributed by atoms with Crippen molar-refractivity contribution >= 4 is 11.9 Å². The average molecular weight is 424 g/mol. The Morgan fingerprint density at radius 2 is 1.74 bits per heavy atom. The Balaban J connectivity index is 1.40. The lowest BCUT2D eigenvalue weighted by atomic mass is 9.78. The lowest BCUT2D eigenvalue weighted by Crippen LogP contribution is -2.50. The third-order valence-electron chi connectivity index (χ3n) is 6.93. The Labute approximate surface area is 184 Å². The van der Waals surface area contributed by atoms with Crippen molar-refractivity contribution in [2.75, 3.05) is 13.2 Å². The predicted molar refractivity (Wildman–Crippen MR) is 119 cm³/mol. The van der Waals surface area contributed by atoms with Crippen LogP contribution in [0.15, 0.2) is 24.3 Å². The first-order chi connectivity index (χ1) is 14.9. The first-order valence-electron chi connectivity index (χ1n) is 11.5. The smallest absolute Gasteiger partial charge is 0.342 e.